The third-order valence-corrected chi connectivity index (χ3v) is 3.29. The van der Waals surface area contributed by atoms with E-state index in [9.17, 15) is 13.9 Å². The van der Waals surface area contributed by atoms with Crippen LogP contribution in [0.3, 0.4) is 0 Å². The van der Waals surface area contributed by atoms with Crippen LogP contribution in [-0.2, 0) is 5.60 Å². The van der Waals surface area contributed by atoms with Gasteiger partial charge in [-0.25, -0.2) is 13.8 Å². The van der Waals surface area contributed by atoms with Crippen LogP contribution in [0.25, 0.3) is 11.3 Å². The summed E-state index contributed by atoms with van der Waals surface area (Å²) in [5, 5.41) is 19.0. The number of hydrogen-bond acceptors (Lipinski definition) is 5. The van der Waals surface area contributed by atoms with E-state index >= 15 is 0 Å². The highest BCUT2D eigenvalue weighted by atomic mass is 19.3. The van der Waals surface area contributed by atoms with Crippen LogP contribution < -0.4 is 5.73 Å². The molecule has 21 heavy (non-hydrogen) atoms. The Hall–Kier alpha value is -2.12. The van der Waals surface area contributed by atoms with Gasteiger partial charge >= 0.3 is 0 Å². The normalized spacial score (nSPS) is 14.2. The maximum Gasteiger partial charge on any atom is 0.273 e. The quantitative estimate of drug-likeness (QED) is 0.794. The third kappa shape index (κ3) is 2.84. The highest BCUT2D eigenvalue weighted by Gasteiger charge is 2.39. The van der Waals surface area contributed by atoms with E-state index in [4.69, 9.17) is 10.8 Å². The van der Waals surface area contributed by atoms with E-state index in [0.29, 0.717) is 11.3 Å². The number of nitrogens with two attached hydrogens (primary N) is 1. The van der Waals surface area contributed by atoms with E-state index in [0.717, 1.165) is 5.56 Å². The molecule has 1 aromatic carbocycles. The van der Waals surface area contributed by atoms with E-state index in [2.05, 4.69) is 9.97 Å². The molecule has 2 aromatic rings. The predicted molar refractivity (Wildman–Crippen MR) is 73.6 cm³/mol. The van der Waals surface area contributed by atoms with Crippen molar-refractivity contribution in [3.63, 3.8) is 0 Å². The molecule has 0 spiro atoms. The Morgan fingerprint density at radius 3 is 2.52 bits per heavy atom. The molecule has 112 valence electrons. The zero-order valence-electron chi connectivity index (χ0n) is 11.3. The predicted octanol–water partition coefficient (Wildman–Crippen LogP) is 1.48. The number of nitrogen functional groups attached to an aromatic ring is 1. The number of aromatic nitrogens is 2. The lowest BCUT2D eigenvalue weighted by molar-refractivity contribution is -0.129. The van der Waals surface area contributed by atoms with Gasteiger partial charge in [0.1, 0.15) is 5.82 Å². The standard InChI is InChI=1S/C14H15F2N3O2/c1-8-2-3-9(14(21,7-20)13(15)16)4-10(8)11-5-19-12(17)6-18-11/h2-6,13,20-21H,7H2,1H3,(H2,17,19)/t14-/m1/s1. The molecule has 1 heterocycles. The van der Waals surface area contributed by atoms with Gasteiger partial charge in [-0.05, 0) is 24.1 Å². The van der Waals surface area contributed by atoms with Gasteiger partial charge in [-0.3, -0.25) is 4.98 Å². The van der Waals surface area contributed by atoms with Crippen LogP contribution in [0, 0.1) is 6.92 Å². The summed E-state index contributed by atoms with van der Waals surface area (Å²) in [7, 11) is 0. The van der Waals surface area contributed by atoms with Crippen molar-refractivity contribution >= 4 is 5.82 Å². The summed E-state index contributed by atoms with van der Waals surface area (Å²) in [6, 6.07) is 4.30. The maximum atomic E-state index is 13.0. The number of rotatable bonds is 4. The second kappa shape index (κ2) is 5.71. The fraction of sp³-hybridized carbons (Fsp3) is 0.286. The minimum atomic E-state index is -3.12. The average Bonchev–Trinajstić information content (AvgIpc) is 2.47. The van der Waals surface area contributed by atoms with Crippen molar-refractivity contribution in [2.24, 2.45) is 0 Å². The lowest BCUT2D eigenvalue weighted by atomic mass is 9.91. The van der Waals surface area contributed by atoms with Crippen LogP contribution in [0.2, 0.25) is 0 Å². The Morgan fingerprint density at radius 2 is 2.00 bits per heavy atom. The molecule has 7 heteroatoms. The van der Waals surface area contributed by atoms with Crippen LogP contribution in [0.15, 0.2) is 30.6 Å². The summed E-state index contributed by atoms with van der Waals surface area (Å²) < 4.78 is 26.0. The number of aliphatic hydroxyl groups excluding tert-OH is 1. The van der Waals surface area contributed by atoms with Gasteiger partial charge in [0, 0.05) is 5.56 Å². The second-order valence-corrected chi connectivity index (χ2v) is 4.74. The molecular weight excluding hydrogens is 280 g/mol. The van der Waals surface area contributed by atoms with E-state index < -0.39 is 18.6 Å². The average molecular weight is 295 g/mol. The summed E-state index contributed by atoms with van der Waals surface area (Å²) in [4.78, 5) is 7.98. The number of alkyl halides is 2. The summed E-state index contributed by atoms with van der Waals surface area (Å²) in [5.41, 5.74) is 4.51. The van der Waals surface area contributed by atoms with Gasteiger partial charge in [0.15, 0.2) is 5.60 Å². The second-order valence-electron chi connectivity index (χ2n) is 4.74. The molecule has 0 saturated carbocycles. The Morgan fingerprint density at radius 1 is 1.29 bits per heavy atom. The first kappa shape index (κ1) is 15.3. The van der Waals surface area contributed by atoms with Gasteiger partial charge in [0.2, 0.25) is 0 Å². The highest BCUT2D eigenvalue weighted by Crippen LogP contribution is 2.32. The largest absolute Gasteiger partial charge is 0.393 e. The number of aryl methyl sites for hydroxylation is 1. The molecule has 5 nitrogen and oxygen atoms in total. The van der Waals surface area contributed by atoms with Crippen LogP contribution in [0.1, 0.15) is 11.1 Å². The van der Waals surface area contributed by atoms with Crippen LogP contribution in [-0.4, -0.2) is 33.2 Å². The third-order valence-electron chi connectivity index (χ3n) is 3.29. The lowest BCUT2D eigenvalue weighted by Gasteiger charge is -2.26. The number of nitrogens with zero attached hydrogens (tertiary/aromatic N) is 2. The van der Waals surface area contributed by atoms with Crippen LogP contribution >= 0.6 is 0 Å². The van der Waals surface area contributed by atoms with Gasteiger partial charge in [0.25, 0.3) is 6.43 Å². The number of hydrogen-bond donors (Lipinski definition) is 3. The van der Waals surface area contributed by atoms with E-state index in [1.54, 1.807) is 13.0 Å². The van der Waals surface area contributed by atoms with E-state index in [1.165, 1.54) is 24.5 Å². The summed E-state index contributed by atoms with van der Waals surface area (Å²) in [6.45, 7) is 0.693. The molecule has 4 N–H and O–H groups in total. The first-order chi connectivity index (χ1) is 9.88. The fourth-order valence-electron chi connectivity index (χ4n) is 1.93. The summed E-state index contributed by atoms with van der Waals surface area (Å²) >= 11 is 0. The Labute approximate surface area is 120 Å². The van der Waals surface area contributed by atoms with Gasteiger partial charge in [0.05, 0.1) is 24.7 Å². The highest BCUT2D eigenvalue weighted by molar-refractivity contribution is 5.64. The van der Waals surface area contributed by atoms with Crippen LogP contribution in [0.4, 0.5) is 14.6 Å². The van der Waals surface area contributed by atoms with Crippen molar-refractivity contribution < 1.29 is 19.0 Å². The van der Waals surface area contributed by atoms with Gasteiger partial charge in [-0.15, -0.1) is 0 Å². The van der Waals surface area contributed by atoms with Crippen molar-refractivity contribution in [1.29, 1.82) is 0 Å². The molecule has 0 amide bonds. The molecule has 1 aromatic heterocycles. The van der Waals surface area contributed by atoms with Crippen molar-refractivity contribution in [3.05, 3.63) is 41.7 Å². The molecule has 0 unspecified atom stereocenters. The SMILES string of the molecule is Cc1ccc([C@](O)(CO)C(F)F)cc1-c1cnc(N)cn1. The minimum absolute atomic E-state index is 0.0841. The lowest BCUT2D eigenvalue weighted by Crippen LogP contribution is -2.38. The Kier molecular flexibility index (Phi) is 4.15. The van der Waals surface area contributed by atoms with Crippen LogP contribution in [0.5, 0.6) is 0 Å². The molecule has 0 saturated heterocycles. The van der Waals surface area contributed by atoms with E-state index in [1.807, 2.05) is 0 Å². The topological polar surface area (TPSA) is 92.3 Å². The number of benzene rings is 1. The fourth-order valence-corrected chi connectivity index (χ4v) is 1.93. The minimum Gasteiger partial charge on any atom is -0.393 e. The Balaban J connectivity index is 2.54. The van der Waals surface area contributed by atoms with Crippen molar-refractivity contribution in [1.82, 2.24) is 9.97 Å². The molecule has 0 radical (unpaired) electrons. The smallest absolute Gasteiger partial charge is 0.273 e. The summed E-state index contributed by atoms with van der Waals surface area (Å²) in [6.07, 6.45) is -0.343. The molecule has 2 rings (SSSR count). The molecule has 1 atom stereocenters. The first-order valence-electron chi connectivity index (χ1n) is 6.19. The van der Waals surface area contributed by atoms with Gasteiger partial charge in [-0.1, -0.05) is 12.1 Å². The molecular formula is C14H15F2N3O2. The Bertz CT molecular complexity index is 635. The first-order valence-corrected chi connectivity index (χ1v) is 6.19. The zero-order chi connectivity index (χ0) is 15.6. The summed E-state index contributed by atoms with van der Waals surface area (Å²) in [5.74, 6) is 0.243. The molecule has 0 aliphatic rings. The monoisotopic (exact) mass is 295 g/mol. The van der Waals surface area contributed by atoms with Gasteiger partial charge < -0.3 is 15.9 Å². The van der Waals surface area contributed by atoms with Crippen molar-refractivity contribution in [2.45, 2.75) is 19.0 Å². The zero-order valence-corrected chi connectivity index (χ0v) is 11.3. The number of halogens is 2. The number of aliphatic hydroxyl groups is 2. The van der Waals surface area contributed by atoms with Crippen molar-refractivity contribution in [2.75, 3.05) is 12.3 Å². The van der Waals surface area contributed by atoms with E-state index in [-0.39, 0.29) is 11.4 Å². The van der Waals surface area contributed by atoms with Gasteiger partial charge in [-0.2, -0.15) is 0 Å². The van der Waals surface area contributed by atoms with Crippen molar-refractivity contribution in [3.8, 4) is 11.3 Å². The maximum absolute atomic E-state index is 13.0. The molecule has 0 aliphatic heterocycles. The number of anilines is 1. The molecule has 0 aliphatic carbocycles. The molecule has 0 fully saturated rings. The molecule has 0 bridgehead atoms.